The molecule has 0 aliphatic rings. The standard InChI is InChI=1S/C13H12N2O2/c1-9-11(13(16)17-2)12(15-8-14-9)10-6-4-3-5-7-10/h3-8H,1-2H3. The van der Waals surface area contributed by atoms with Gasteiger partial charge >= 0.3 is 5.97 Å². The molecule has 0 N–H and O–H groups in total. The predicted molar refractivity (Wildman–Crippen MR) is 63.5 cm³/mol. The maximum atomic E-state index is 11.7. The fourth-order valence-corrected chi connectivity index (χ4v) is 1.63. The summed E-state index contributed by atoms with van der Waals surface area (Å²) in [6, 6.07) is 9.50. The minimum atomic E-state index is -0.415. The van der Waals surface area contributed by atoms with Gasteiger partial charge < -0.3 is 4.74 Å². The molecule has 2 aromatic rings. The van der Waals surface area contributed by atoms with Gasteiger partial charge in [0.15, 0.2) is 0 Å². The highest BCUT2D eigenvalue weighted by molar-refractivity contribution is 5.97. The highest BCUT2D eigenvalue weighted by Gasteiger charge is 2.17. The first-order chi connectivity index (χ1) is 8.24. The molecule has 1 aromatic heterocycles. The third kappa shape index (κ3) is 2.15. The molecule has 4 heteroatoms. The molecular formula is C13H12N2O2. The fraction of sp³-hybridized carbons (Fsp3) is 0.154. The summed E-state index contributed by atoms with van der Waals surface area (Å²) in [6.07, 6.45) is 1.45. The van der Waals surface area contributed by atoms with Crippen LogP contribution in [0.1, 0.15) is 16.1 Å². The van der Waals surface area contributed by atoms with Crippen molar-refractivity contribution >= 4 is 5.97 Å². The lowest BCUT2D eigenvalue weighted by atomic mass is 10.1. The van der Waals surface area contributed by atoms with Gasteiger partial charge in [0.1, 0.15) is 11.9 Å². The maximum absolute atomic E-state index is 11.7. The number of hydrogen-bond donors (Lipinski definition) is 0. The topological polar surface area (TPSA) is 52.1 Å². The summed E-state index contributed by atoms with van der Waals surface area (Å²) in [7, 11) is 1.35. The second-order valence-corrected chi connectivity index (χ2v) is 3.54. The number of hydrogen-bond acceptors (Lipinski definition) is 4. The van der Waals surface area contributed by atoms with Crippen molar-refractivity contribution in [3.63, 3.8) is 0 Å². The van der Waals surface area contributed by atoms with Gasteiger partial charge in [-0.2, -0.15) is 0 Å². The maximum Gasteiger partial charge on any atom is 0.341 e. The molecule has 0 aliphatic heterocycles. The molecule has 0 atom stereocenters. The van der Waals surface area contributed by atoms with E-state index in [1.807, 2.05) is 30.3 Å². The Bertz CT molecular complexity index is 538. The van der Waals surface area contributed by atoms with Gasteiger partial charge in [0, 0.05) is 5.56 Å². The van der Waals surface area contributed by atoms with E-state index in [1.165, 1.54) is 13.4 Å². The second kappa shape index (κ2) is 4.74. The predicted octanol–water partition coefficient (Wildman–Crippen LogP) is 2.24. The number of esters is 1. The van der Waals surface area contributed by atoms with Gasteiger partial charge in [-0.1, -0.05) is 30.3 Å². The lowest BCUT2D eigenvalue weighted by molar-refractivity contribution is 0.0600. The molecule has 1 heterocycles. The lowest BCUT2D eigenvalue weighted by Gasteiger charge is -2.08. The van der Waals surface area contributed by atoms with Gasteiger partial charge in [-0.25, -0.2) is 14.8 Å². The highest BCUT2D eigenvalue weighted by atomic mass is 16.5. The summed E-state index contributed by atoms with van der Waals surface area (Å²) in [5, 5.41) is 0. The normalized spacial score (nSPS) is 10.0. The van der Waals surface area contributed by atoms with Crippen LogP contribution in [0.3, 0.4) is 0 Å². The number of ether oxygens (including phenoxy) is 1. The van der Waals surface area contributed by atoms with Gasteiger partial charge in [-0.3, -0.25) is 0 Å². The second-order valence-electron chi connectivity index (χ2n) is 3.54. The lowest BCUT2D eigenvalue weighted by Crippen LogP contribution is -2.09. The van der Waals surface area contributed by atoms with Crippen LogP contribution in [0, 0.1) is 6.92 Å². The van der Waals surface area contributed by atoms with Gasteiger partial charge in [0.25, 0.3) is 0 Å². The van der Waals surface area contributed by atoms with Crippen molar-refractivity contribution in [1.82, 2.24) is 9.97 Å². The summed E-state index contributed by atoms with van der Waals surface area (Å²) >= 11 is 0. The van der Waals surface area contributed by atoms with Crippen LogP contribution >= 0.6 is 0 Å². The van der Waals surface area contributed by atoms with Crippen molar-refractivity contribution in [2.75, 3.05) is 7.11 Å². The van der Waals surface area contributed by atoms with Crippen molar-refractivity contribution in [3.8, 4) is 11.3 Å². The van der Waals surface area contributed by atoms with Gasteiger partial charge in [0.05, 0.1) is 18.5 Å². The Kier molecular flexibility index (Phi) is 3.14. The van der Waals surface area contributed by atoms with Crippen molar-refractivity contribution < 1.29 is 9.53 Å². The zero-order valence-corrected chi connectivity index (χ0v) is 9.68. The van der Waals surface area contributed by atoms with Gasteiger partial charge in [-0.15, -0.1) is 0 Å². The monoisotopic (exact) mass is 228 g/mol. The first kappa shape index (κ1) is 11.3. The summed E-state index contributed by atoms with van der Waals surface area (Å²) in [5.41, 5.74) is 2.51. The van der Waals surface area contributed by atoms with Crippen LogP contribution in [0.5, 0.6) is 0 Å². The Morgan fingerprint density at radius 2 is 1.88 bits per heavy atom. The Morgan fingerprint density at radius 3 is 2.53 bits per heavy atom. The molecule has 0 radical (unpaired) electrons. The van der Waals surface area contributed by atoms with E-state index in [4.69, 9.17) is 4.74 Å². The van der Waals surface area contributed by atoms with E-state index in [0.29, 0.717) is 17.0 Å². The zero-order chi connectivity index (χ0) is 12.3. The Hall–Kier alpha value is -2.23. The van der Waals surface area contributed by atoms with E-state index in [0.717, 1.165) is 5.56 Å². The molecule has 2 rings (SSSR count). The SMILES string of the molecule is COC(=O)c1c(C)ncnc1-c1ccccc1. The molecule has 0 saturated heterocycles. The van der Waals surface area contributed by atoms with Crippen LogP contribution in [-0.4, -0.2) is 23.0 Å². The largest absolute Gasteiger partial charge is 0.465 e. The van der Waals surface area contributed by atoms with E-state index in [1.54, 1.807) is 6.92 Å². The van der Waals surface area contributed by atoms with Crippen molar-refractivity contribution in [2.24, 2.45) is 0 Å². The number of nitrogens with zero attached hydrogens (tertiary/aromatic N) is 2. The van der Waals surface area contributed by atoms with E-state index in [2.05, 4.69) is 9.97 Å². The van der Waals surface area contributed by atoms with Crippen molar-refractivity contribution in [2.45, 2.75) is 6.92 Å². The summed E-state index contributed by atoms with van der Waals surface area (Å²) in [5.74, 6) is -0.415. The van der Waals surface area contributed by atoms with Crippen LogP contribution in [0.25, 0.3) is 11.3 Å². The number of benzene rings is 1. The number of rotatable bonds is 2. The molecule has 0 aliphatic carbocycles. The fourth-order valence-electron chi connectivity index (χ4n) is 1.63. The summed E-state index contributed by atoms with van der Waals surface area (Å²) in [4.78, 5) is 19.9. The summed E-state index contributed by atoms with van der Waals surface area (Å²) in [6.45, 7) is 1.76. The minimum Gasteiger partial charge on any atom is -0.465 e. The van der Waals surface area contributed by atoms with Crippen molar-refractivity contribution in [1.29, 1.82) is 0 Å². The Labute approximate surface area is 99.3 Å². The molecule has 0 fully saturated rings. The Morgan fingerprint density at radius 1 is 1.18 bits per heavy atom. The number of carbonyl (C=O) groups is 1. The zero-order valence-electron chi connectivity index (χ0n) is 9.68. The van der Waals surface area contributed by atoms with Crippen LogP contribution in [0.15, 0.2) is 36.7 Å². The molecule has 0 spiro atoms. The first-order valence-corrected chi connectivity index (χ1v) is 5.19. The average Bonchev–Trinajstić information content (AvgIpc) is 2.38. The third-order valence-corrected chi connectivity index (χ3v) is 2.47. The quantitative estimate of drug-likeness (QED) is 0.740. The van der Waals surface area contributed by atoms with E-state index in [9.17, 15) is 4.79 Å². The average molecular weight is 228 g/mol. The number of methoxy groups -OCH3 is 1. The molecule has 0 amide bonds. The van der Waals surface area contributed by atoms with Crippen LogP contribution < -0.4 is 0 Å². The molecule has 86 valence electrons. The van der Waals surface area contributed by atoms with Gasteiger partial charge in [-0.05, 0) is 6.92 Å². The number of aromatic nitrogens is 2. The van der Waals surface area contributed by atoms with Crippen LogP contribution in [0.4, 0.5) is 0 Å². The number of aryl methyl sites for hydroxylation is 1. The first-order valence-electron chi connectivity index (χ1n) is 5.19. The highest BCUT2D eigenvalue weighted by Crippen LogP contribution is 2.22. The number of carbonyl (C=O) groups excluding carboxylic acids is 1. The van der Waals surface area contributed by atoms with E-state index < -0.39 is 5.97 Å². The third-order valence-electron chi connectivity index (χ3n) is 2.47. The molecule has 1 aromatic carbocycles. The van der Waals surface area contributed by atoms with Crippen LogP contribution in [-0.2, 0) is 4.74 Å². The minimum absolute atomic E-state index is 0.415. The molecule has 17 heavy (non-hydrogen) atoms. The molecule has 0 unspecified atom stereocenters. The molecule has 4 nitrogen and oxygen atoms in total. The smallest absolute Gasteiger partial charge is 0.341 e. The molecular weight excluding hydrogens is 216 g/mol. The molecule has 0 saturated carbocycles. The van der Waals surface area contributed by atoms with Crippen molar-refractivity contribution in [3.05, 3.63) is 47.9 Å². The van der Waals surface area contributed by atoms with E-state index >= 15 is 0 Å². The van der Waals surface area contributed by atoms with Gasteiger partial charge in [0.2, 0.25) is 0 Å². The molecule has 0 bridgehead atoms. The Balaban J connectivity index is 2.62. The van der Waals surface area contributed by atoms with E-state index in [-0.39, 0.29) is 0 Å². The van der Waals surface area contributed by atoms with Crippen LogP contribution in [0.2, 0.25) is 0 Å². The summed E-state index contributed by atoms with van der Waals surface area (Å²) < 4.78 is 4.76.